The third-order valence-electron chi connectivity index (χ3n) is 4.32. The summed E-state index contributed by atoms with van der Waals surface area (Å²) >= 11 is 7.41. The number of aryl methyl sites for hydroxylation is 1. The van der Waals surface area contributed by atoms with E-state index in [9.17, 15) is 13.2 Å². The summed E-state index contributed by atoms with van der Waals surface area (Å²) in [6.07, 6.45) is -0.444. The lowest BCUT2D eigenvalue weighted by Crippen LogP contribution is -2.08. The van der Waals surface area contributed by atoms with Gasteiger partial charge >= 0.3 is 6.18 Å². The molecule has 0 N–H and O–H groups in total. The molecule has 0 amide bonds. The Kier molecular flexibility index (Phi) is 4.16. The molecule has 2 heterocycles. The van der Waals surface area contributed by atoms with Crippen LogP contribution >= 0.6 is 23.4 Å². The second-order valence-corrected chi connectivity index (χ2v) is 7.53. The van der Waals surface area contributed by atoms with Crippen LogP contribution in [0.1, 0.15) is 34.8 Å². The van der Waals surface area contributed by atoms with Gasteiger partial charge in [0.2, 0.25) is 0 Å². The maximum Gasteiger partial charge on any atom is 0.417 e. The number of hydrogen-bond donors (Lipinski definition) is 0. The van der Waals surface area contributed by atoms with Gasteiger partial charge in [-0.25, -0.2) is 0 Å². The quantitative estimate of drug-likeness (QED) is 0.579. The van der Waals surface area contributed by atoms with Crippen LogP contribution < -0.4 is 0 Å². The van der Waals surface area contributed by atoms with Crippen LogP contribution in [0.5, 0.6) is 0 Å². The van der Waals surface area contributed by atoms with E-state index in [1.807, 2.05) is 12.1 Å². The van der Waals surface area contributed by atoms with Crippen molar-refractivity contribution in [3.05, 3.63) is 58.2 Å². The number of hydrogen-bond acceptors (Lipinski definition) is 3. The molecule has 0 fully saturated rings. The van der Waals surface area contributed by atoms with Crippen LogP contribution in [-0.4, -0.2) is 14.6 Å². The summed E-state index contributed by atoms with van der Waals surface area (Å²) in [4.78, 5) is 0. The number of alkyl halides is 3. The van der Waals surface area contributed by atoms with Crippen molar-refractivity contribution in [3.63, 3.8) is 0 Å². The fraction of sp³-hybridized carbons (Fsp3) is 0.294. The lowest BCUT2D eigenvalue weighted by atomic mass is 9.91. The lowest BCUT2D eigenvalue weighted by molar-refractivity contribution is -0.137. The van der Waals surface area contributed by atoms with Gasteiger partial charge in [0, 0.05) is 11.4 Å². The van der Waals surface area contributed by atoms with Gasteiger partial charge in [-0.2, -0.15) is 13.2 Å². The van der Waals surface area contributed by atoms with E-state index in [0.29, 0.717) is 5.16 Å². The molecule has 0 aliphatic heterocycles. The fourth-order valence-corrected chi connectivity index (χ4v) is 4.61. The molecule has 0 saturated heterocycles. The van der Waals surface area contributed by atoms with Crippen molar-refractivity contribution < 1.29 is 13.2 Å². The van der Waals surface area contributed by atoms with Crippen LogP contribution in [0.4, 0.5) is 13.2 Å². The lowest BCUT2D eigenvalue weighted by Gasteiger charge is -2.24. The zero-order valence-corrected chi connectivity index (χ0v) is 14.5. The van der Waals surface area contributed by atoms with Crippen molar-refractivity contribution in [2.75, 3.05) is 0 Å². The van der Waals surface area contributed by atoms with Crippen molar-refractivity contribution in [1.82, 2.24) is 14.6 Å². The Morgan fingerprint density at radius 3 is 2.80 bits per heavy atom. The molecule has 8 heteroatoms. The van der Waals surface area contributed by atoms with Crippen molar-refractivity contribution in [2.45, 2.75) is 35.8 Å². The van der Waals surface area contributed by atoms with E-state index in [-0.39, 0.29) is 15.9 Å². The largest absolute Gasteiger partial charge is 0.417 e. The Balaban J connectivity index is 1.75. The number of fused-ring (bicyclic) bond motifs is 2. The standard InChI is InChI=1S/C17H13ClF3N3S/c18-13-8-11(17(19,20)21)9-24-15(13)22-23-16(24)25-14-7-3-5-10-4-1-2-6-12(10)14/h1-2,4,6,8-9,14H,3,5,7H2/t14-/m0/s1. The average molecular weight is 384 g/mol. The van der Waals surface area contributed by atoms with Crippen molar-refractivity contribution in [1.29, 1.82) is 0 Å². The number of pyridine rings is 1. The summed E-state index contributed by atoms with van der Waals surface area (Å²) in [7, 11) is 0. The Labute approximate surface area is 151 Å². The molecule has 0 bridgehead atoms. The first-order chi connectivity index (χ1) is 11.9. The second-order valence-electron chi connectivity index (χ2n) is 5.95. The first-order valence-corrected chi connectivity index (χ1v) is 9.05. The molecule has 3 nitrogen and oxygen atoms in total. The van der Waals surface area contributed by atoms with Gasteiger partial charge in [-0.3, -0.25) is 4.40 Å². The zero-order valence-electron chi connectivity index (χ0n) is 12.9. The van der Waals surface area contributed by atoms with Crippen LogP contribution in [0.2, 0.25) is 5.02 Å². The van der Waals surface area contributed by atoms with E-state index in [2.05, 4.69) is 22.3 Å². The van der Waals surface area contributed by atoms with Crippen molar-refractivity contribution in [2.24, 2.45) is 0 Å². The molecule has 0 saturated carbocycles. The maximum absolute atomic E-state index is 13.1. The summed E-state index contributed by atoms with van der Waals surface area (Å²) in [5.41, 5.74) is 1.93. The maximum atomic E-state index is 13.1. The van der Waals surface area contributed by atoms with Gasteiger partial charge in [0.25, 0.3) is 0 Å². The molecule has 130 valence electrons. The molecule has 4 rings (SSSR count). The van der Waals surface area contributed by atoms with E-state index >= 15 is 0 Å². The molecule has 25 heavy (non-hydrogen) atoms. The van der Waals surface area contributed by atoms with Gasteiger partial charge in [-0.15, -0.1) is 10.2 Å². The zero-order chi connectivity index (χ0) is 17.6. The van der Waals surface area contributed by atoms with Crippen molar-refractivity contribution >= 4 is 29.0 Å². The molecule has 0 unspecified atom stereocenters. The molecule has 0 radical (unpaired) electrons. The predicted molar refractivity (Wildman–Crippen MR) is 91.0 cm³/mol. The third kappa shape index (κ3) is 3.11. The number of benzene rings is 1. The highest BCUT2D eigenvalue weighted by molar-refractivity contribution is 7.99. The summed E-state index contributed by atoms with van der Waals surface area (Å²) in [6.45, 7) is 0. The predicted octanol–water partition coefficient (Wildman–Crippen LogP) is 5.57. The van der Waals surface area contributed by atoms with Gasteiger partial charge in [0.15, 0.2) is 10.8 Å². The minimum atomic E-state index is -4.47. The smallest absolute Gasteiger partial charge is 0.276 e. The molecular formula is C17H13ClF3N3S. The molecule has 0 spiro atoms. The molecule has 2 aromatic heterocycles. The van der Waals surface area contributed by atoms with Gasteiger partial charge < -0.3 is 0 Å². The van der Waals surface area contributed by atoms with Gasteiger partial charge in [-0.1, -0.05) is 47.6 Å². The summed E-state index contributed by atoms with van der Waals surface area (Å²) in [5.74, 6) is 0. The monoisotopic (exact) mass is 383 g/mol. The Morgan fingerprint density at radius 2 is 2.00 bits per heavy atom. The van der Waals surface area contributed by atoms with Crippen LogP contribution in [0.25, 0.3) is 5.65 Å². The van der Waals surface area contributed by atoms with E-state index in [0.717, 1.165) is 31.5 Å². The first-order valence-electron chi connectivity index (χ1n) is 7.79. The van der Waals surface area contributed by atoms with Crippen molar-refractivity contribution in [3.8, 4) is 0 Å². The Bertz CT molecular complexity index is 939. The Hall–Kier alpha value is -1.73. The van der Waals surface area contributed by atoms with E-state index in [4.69, 9.17) is 11.6 Å². The minimum absolute atomic E-state index is 0.0572. The van der Waals surface area contributed by atoms with E-state index in [1.54, 1.807) is 0 Å². The SMILES string of the molecule is FC(F)(F)c1cc(Cl)c2nnc(S[C@H]3CCCc4ccccc43)n2c1. The summed E-state index contributed by atoms with van der Waals surface area (Å²) in [5, 5.41) is 8.53. The third-order valence-corrected chi connectivity index (χ3v) is 5.86. The fourth-order valence-electron chi connectivity index (χ4n) is 3.13. The van der Waals surface area contributed by atoms with Crippen LogP contribution in [0, 0.1) is 0 Å². The average Bonchev–Trinajstić information content (AvgIpc) is 2.98. The summed E-state index contributed by atoms with van der Waals surface area (Å²) in [6, 6.07) is 9.05. The molecule has 3 aromatic rings. The number of aromatic nitrogens is 3. The topological polar surface area (TPSA) is 30.2 Å². The minimum Gasteiger partial charge on any atom is -0.276 e. The van der Waals surface area contributed by atoms with Crippen LogP contribution in [0.3, 0.4) is 0 Å². The van der Waals surface area contributed by atoms with Crippen LogP contribution in [-0.2, 0) is 12.6 Å². The molecule has 1 atom stereocenters. The molecule has 1 aromatic carbocycles. The molecular weight excluding hydrogens is 371 g/mol. The molecule has 1 aliphatic carbocycles. The number of halogens is 4. The van der Waals surface area contributed by atoms with Gasteiger partial charge in [-0.05, 0) is 36.5 Å². The number of thioether (sulfide) groups is 1. The number of nitrogens with zero attached hydrogens (tertiary/aromatic N) is 3. The van der Waals surface area contributed by atoms with Gasteiger partial charge in [0.05, 0.1) is 10.6 Å². The second kappa shape index (κ2) is 6.21. The highest BCUT2D eigenvalue weighted by atomic mass is 35.5. The van der Waals surface area contributed by atoms with Crippen LogP contribution in [0.15, 0.2) is 41.7 Å². The van der Waals surface area contributed by atoms with E-state index < -0.39 is 11.7 Å². The van der Waals surface area contributed by atoms with Gasteiger partial charge in [0.1, 0.15) is 0 Å². The number of rotatable bonds is 2. The normalized spacial score (nSPS) is 17.7. The Morgan fingerprint density at radius 1 is 1.20 bits per heavy atom. The first kappa shape index (κ1) is 16.7. The summed E-state index contributed by atoms with van der Waals surface area (Å²) < 4.78 is 40.5. The highest BCUT2D eigenvalue weighted by Gasteiger charge is 2.32. The molecule has 1 aliphatic rings. The van der Waals surface area contributed by atoms with E-state index in [1.165, 1.54) is 27.3 Å². The highest BCUT2D eigenvalue weighted by Crippen LogP contribution is 2.43.